The van der Waals surface area contributed by atoms with Crippen molar-refractivity contribution in [1.82, 2.24) is 4.57 Å². The van der Waals surface area contributed by atoms with Crippen LogP contribution in [0.1, 0.15) is 22.3 Å². The van der Waals surface area contributed by atoms with Crippen LogP contribution < -0.4 is 4.90 Å². The van der Waals surface area contributed by atoms with Gasteiger partial charge in [0.05, 0.1) is 16.4 Å². The highest BCUT2D eigenvalue weighted by Gasteiger charge is 2.46. The molecular formula is C67H46N2. The first-order valence-corrected chi connectivity index (χ1v) is 23.8. The van der Waals surface area contributed by atoms with Crippen LogP contribution in [0.15, 0.2) is 279 Å². The van der Waals surface area contributed by atoms with Gasteiger partial charge in [0.2, 0.25) is 0 Å². The third-order valence-electron chi connectivity index (χ3n) is 14.3. The molecule has 1 aliphatic carbocycles. The summed E-state index contributed by atoms with van der Waals surface area (Å²) in [7, 11) is 0. The first kappa shape index (κ1) is 40.3. The Bertz CT molecular complexity index is 3660. The van der Waals surface area contributed by atoms with Crippen LogP contribution in [0.3, 0.4) is 0 Å². The highest BCUT2D eigenvalue weighted by atomic mass is 15.1. The number of hydrogen-bond donors (Lipinski definition) is 0. The highest BCUT2D eigenvalue weighted by molar-refractivity contribution is 6.10. The van der Waals surface area contributed by atoms with Crippen LogP contribution in [-0.2, 0) is 5.41 Å². The van der Waals surface area contributed by atoms with Gasteiger partial charge in [-0.25, -0.2) is 0 Å². The second-order valence-corrected chi connectivity index (χ2v) is 18.1. The number of aromatic nitrogens is 1. The van der Waals surface area contributed by atoms with Gasteiger partial charge in [-0.05, 0) is 140 Å². The maximum absolute atomic E-state index is 2.48. The molecule has 2 heteroatoms. The van der Waals surface area contributed by atoms with Gasteiger partial charge in [-0.1, -0.05) is 206 Å². The van der Waals surface area contributed by atoms with Crippen molar-refractivity contribution in [3.63, 3.8) is 0 Å². The second-order valence-electron chi connectivity index (χ2n) is 18.1. The van der Waals surface area contributed by atoms with Gasteiger partial charge in [0.15, 0.2) is 0 Å². The molecule has 0 saturated heterocycles. The highest BCUT2D eigenvalue weighted by Crippen LogP contribution is 2.58. The predicted molar refractivity (Wildman–Crippen MR) is 289 cm³/mol. The third-order valence-corrected chi connectivity index (χ3v) is 14.3. The Balaban J connectivity index is 1.01. The molecule has 0 saturated carbocycles. The Morgan fingerprint density at radius 1 is 0.275 bits per heavy atom. The molecule has 0 fully saturated rings. The number of para-hydroxylation sites is 2. The van der Waals surface area contributed by atoms with Gasteiger partial charge in [0.1, 0.15) is 0 Å². The molecule has 1 heterocycles. The largest absolute Gasteiger partial charge is 0.310 e. The van der Waals surface area contributed by atoms with Crippen LogP contribution in [0.5, 0.6) is 0 Å². The Hall–Kier alpha value is -8.98. The lowest BCUT2D eigenvalue weighted by Gasteiger charge is -2.35. The smallest absolute Gasteiger partial charge is 0.0714 e. The number of nitrogens with zero attached hydrogens (tertiary/aromatic N) is 2. The Morgan fingerprint density at radius 2 is 0.681 bits per heavy atom. The summed E-state index contributed by atoms with van der Waals surface area (Å²) in [6.07, 6.45) is 0. The fraction of sp³-hybridized carbons (Fsp3) is 0.0149. The molecule has 0 unspecified atom stereocenters. The lowest BCUT2D eigenvalue weighted by molar-refractivity contribution is 0.768. The normalized spacial score (nSPS) is 12.5. The topological polar surface area (TPSA) is 8.17 Å². The molecule has 11 aromatic carbocycles. The Morgan fingerprint density at radius 3 is 1.26 bits per heavy atom. The van der Waals surface area contributed by atoms with Crippen LogP contribution >= 0.6 is 0 Å². The van der Waals surface area contributed by atoms with Gasteiger partial charge < -0.3 is 9.47 Å². The monoisotopic (exact) mass is 878 g/mol. The van der Waals surface area contributed by atoms with Crippen molar-refractivity contribution in [3.05, 3.63) is 301 Å². The molecule has 1 aliphatic rings. The van der Waals surface area contributed by atoms with E-state index < -0.39 is 5.41 Å². The number of benzene rings is 11. The van der Waals surface area contributed by atoms with E-state index in [0.717, 1.165) is 22.7 Å². The van der Waals surface area contributed by atoms with Gasteiger partial charge in [-0.3, -0.25) is 0 Å². The van der Waals surface area contributed by atoms with E-state index in [1.165, 1.54) is 88.6 Å². The molecule has 1 aromatic heterocycles. The molecule has 0 radical (unpaired) electrons. The molecule has 0 aliphatic heterocycles. The molecule has 0 atom stereocenters. The molecule has 324 valence electrons. The van der Waals surface area contributed by atoms with Crippen molar-refractivity contribution < 1.29 is 0 Å². The summed E-state index contributed by atoms with van der Waals surface area (Å²) in [5.41, 5.74) is 20.9. The first-order chi connectivity index (χ1) is 34.2. The fourth-order valence-corrected chi connectivity index (χ4v) is 11.1. The summed E-state index contributed by atoms with van der Waals surface area (Å²) < 4.78 is 2.39. The lowest BCUT2D eigenvalue weighted by Crippen LogP contribution is -2.28. The number of anilines is 3. The van der Waals surface area contributed by atoms with E-state index in [1.54, 1.807) is 0 Å². The van der Waals surface area contributed by atoms with E-state index in [4.69, 9.17) is 0 Å². The van der Waals surface area contributed by atoms with E-state index in [2.05, 4.69) is 289 Å². The SMILES string of the molecule is c1ccc(-c2ccc(N(c3ccc(-c4ccccc4)cc3)c3ccc4c(c3)C(c3ccccc3)(c3ccccc3)c3cc(-c5ccc6c(c5)c5ccccc5n6-c5ccccc5)ccc3-4)cc2)cc1. The zero-order valence-electron chi connectivity index (χ0n) is 38.0. The van der Waals surface area contributed by atoms with Crippen molar-refractivity contribution in [2.45, 2.75) is 5.41 Å². The number of rotatable bonds is 9. The molecule has 0 N–H and O–H groups in total. The van der Waals surface area contributed by atoms with Crippen LogP contribution in [0.2, 0.25) is 0 Å². The number of fused-ring (bicyclic) bond motifs is 6. The van der Waals surface area contributed by atoms with Gasteiger partial charge in [-0.2, -0.15) is 0 Å². The van der Waals surface area contributed by atoms with E-state index in [1.807, 2.05) is 0 Å². The van der Waals surface area contributed by atoms with E-state index in [-0.39, 0.29) is 0 Å². The zero-order chi connectivity index (χ0) is 45.7. The summed E-state index contributed by atoms with van der Waals surface area (Å²) in [6, 6.07) is 102. The molecule has 13 rings (SSSR count). The van der Waals surface area contributed by atoms with Crippen LogP contribution in [0.25, 0.3) is 72.0 Å². The Kier molecular flexibility index (Phi) is 9.77. The molecule has 0 amide bonds. The van der Waals surface area contributed by atoms with Crippen molar-refractivity contribution >= 4 is 38.9 Å². The fourth-order valence-electron chi connectivity index (χ4n) is 11.1. The zero-order valence-corrected chi connectivity index (χ0v) is 38.0. The standard InChI is InChI=1S/C67H46N2/c1-6-18-47(19-7-1)49-30-36-56(37-31-49)68(57-38-32-50(33-39-57)48-20-8-2-9-21-48)58-40-42-60-59-41-34-52(45-63(59)67(64(60)46-58,53-22-10-3-11-23-53)54-24-12-4-13-25-54)51-35-43-66-62(44-51)61-28-16-17-29-65(61)69(66)55-26-14-5-15-27-55/h1-46H. The maximum Gasteiger partial charge on any atom is 0.0714 e. The van der Waals surface area contributed by atoms with E-state index in [9.17, 15) is 0 Å². The third kappa shape index (κ3) is 6.72. The summed E-state index contributed by atoms with van der Waals surface area (Å²) in [6.45, 7) is 0. The lowest BCUT2D eigenvalue weighted by atomic mass is 9.67. The van der Waals surface area contributed by atoms with Crippen molar-refractivity contribution in [3.8, 4) is 50.2 Å². The van der Waals surface area contributed by atoms with Gasteiger partial charge in [0, 0.05) is 33.5 Å². The summed E-state index contributed by atoms with van der Waals surface area (Å²) in [5.74, 6) is 0. The average Bonchev–Trinajstić information content (AvgIpc) is 3.92. The predicted octanol–water partition coefficient (Wildman–Crippen LogP) is 17.6. The van der Waals surface area contributed by atoms with Crippen LogP contribution in [0.4, 0.5) is 17.1 Å². The summed E-state index contributed by atoms with van der Waals surface area (Å²) in [4.78, 5) is 2.42. The molecular weight excluding hydrogens is 833 g/mol. The van der Waals surface area contributed by atoms with Gasteiger partial charge in [-0.15, -0.1) is 0 Å². The molecule has 2 nitrogen and oxygen atoms in total. The molecule has 12 aromatic rings. The maximum atomic E-state index is 2.48. The van der Waals surface area contributed by atoms with Gasteiger partial charge >= 0.3 is 0 Å². The quantitative estimate of drug-likeness (QED) is 0.140. The minimum atomic E-state index is -0.618. The van der Waals surface area contributed by atoms with Crippen LogP contribution in [-0.4, -0.2) is 4.57 Å². The van der Waals surface area contributed by atoms with E-state index in [0.29, 0.717) is 0 Å². The minimum Gasteiger partial charge on any atom is -0.310 e. The van der Waals surface area contributed by atoms with Crippen molar-refractivity contribution in [2.24, 2.45) is 0 Å². The van der Waals surface area contributed by atoms with Crippen molar-refractivity contribution in [2.75, 3.05) is 4.90 Å². The van der Waals surface area contributed by atoms with E-state index >= 15 is 0 Å². The molecule has 69 heavy (non-hydrogen) atoms. The Labute approximate surface area is 403 Å². The van der Waals surface area contributed by atoms with Gasteiger partial charge in [0.25, 0.3) is 0 Å². The minimum absolute atomic E-state index is 0.618. The summed E-state index contributed by atoms with van der Waals surface area (Å²) in [5, 5.41) is 2.49. The van der Waals surface area contributed by atoms with Crippen molar-refractivity contribution in [1.29, 1.82) is 0 Å². The van der Waals surface area contributed by atoms with Crippen LogP contribution in [0, 0.1) is 0 Å². The second kappa shape index (κ2) is 16.7. The first-order valence-electron chi connectivity index (χ1n) is 23.8. The molecule has 0 spiro atoms. The summed E-state index contributed by atoms with van der Waals surface area (Å²) >= 11 is 0. The molecule has 0 bridgehead atoms. The average molecular weight is 879 g/mol. The number of hydrogen-bond acceptors (Lipinski definition) is 1.